The van der Waals surface area contributed by atoms with E-state index in [0.29, 0.717) is 17.2 Å². The SMILES string of the molecule is COCCN(Cc1ccc(OC)c(OS(=O)(=O)c2cccc(C(F)(F)F)c2)c1)C(=O)c1ccc(Br)cc1. The number of halogens is 4. The van der Waals surface area contributed by atoms with E-state index >= 15 is 0 Å². The first-order chi connectivity index (χ1) is 17.4. The van der Waals surface area contributed by atoms with Crippen LogP contribution in [0.4, 0.5) is 13.2 Å². The molecule has 3 aromatic carbocycles. The number of methoxy groups -OCH3 is 2. The molecule has 3 aromatic rings. The third kappa shape index (κ3) is 7.46. The van der Waals surface area contributed by atoms with Gasteiger partial charge in [0, 0.05) is 30.2 Å². The van der Waals surface area contributed by atoms with E-state index < -0.39 is 26.8 Å². The highest BCUT2D eigenvalue weighted by atomic mass is 79.9. The molecule has 0 heterocycles. The predicted octanol–water partition coefficient (Wildman–Crippen LogP) is 5.53. The average Bonchev–Trinajstić information content (AvgIpc) is 2.86. The molecule has 0 atom stereocenters. The Bertz CT molecular complexity index is 1350. The molecule has 0 aromatic heterocycles. The number of ether oxygens (including phenoxy) is 2. The molecule has 12 heteroatoms. The highest BCUT2D eigenvalue weighted by Crippen LogP contribution is 2.34. The maximum Gasteiger partial charge on any atom is 0.416 e. The summed E-state index contributed by atoms with van der Waals surface area (Å²) in [7, 11) is -1.84. The summed E-state index contributed by atoms with van der Waals surface area (Å²) in [6.07, 6.45) is -4.73. The number of carbonyl (C=O) groups is 1. The van der Waals surface area contributed by atoms with Gasteiger partial charge in [0.2, 0.25) is 0 Å². The summed E-state index contributed by atoms with van der Waals surface area (Å²) < 4.78 is 81.1. The van der Waals surface area contributed by atoms with Crippen LogP contribution in [-0.4, -0.2) is 46.6 Å². The van der Waals surface area contributed by atoms with Gasteiger partial charge in [-0.15, -0.1) is 0 Å². The smallest absolute Gasteiger partial charge is 0.416 e. The maximum absolute atomic E-state index is 13.1. The third-order valence-corrected chi connectivity index (χ3v) is 6.95. The lowest BCUT2D eigenvalue weighted by atomic mass is 10.1. The number of amides is 1. The van der Waals surface area contributed by atoms with Gasteiger partial charge in [-0.3, -0.25) is 4.79 Å². The Kier molecular flexibility index (Phi) is 9.21. The molecule has 0 spiro atoms. The van der Waals surface area contributed by atoms with Gasteiger partial charge in [-0.2, -0.15) is 21.6 Å². The first-order valence-electron chi connectivity index (χ1n) is 10.8. The largest absolute Gasteiger partial charge is 0.493 e. The van der Waals surface area contributed by atoms with Crippen molar-refractivity contribution in [2.45, 2.75) is 17.6 Å². The Morgan fingerprint density at radius 3 is 2.30 bits per heavy atom. The van der Waals surface area contributed by atoms with Crippen molar-refractivity contribution in [2.75, 3.05) is 27.4 Å². The summed E-state index contributed by atoms with van der Waals surface area (Å²) in [5, 5.41) is 0. The van der Waals surface area contributed by atoms with Gasteiger partial charge in [0.05, 0.1) is 19.3 Å². The maximum atomic E-state index is 13.1. The number of alkyl halides is 3. The minimum absolute atomic E-state index is 0.0435. The second kappa shape index (κ2) is 12.0. The fourth-order valence-corrected chi connectivity index (χ4v) is 4.57. The number of benzene rings is 3. The minimum atomic E-state index is -4.73. The number of carbonyl (C=O) groups excluding carboxylic acids is 1. The molecule has 37 heavy (non-hydrogen) atoms. The molecule has 1 amide bonds. The predicted molar refractivity (Wildman–Crippen MR) is 133 cm³/mol. The third-order valence-electron chi connectivity index (χ3n) is 5.19. The van der Waals surface area contributed by atoms with Gasteiger partial charge in [0.15, 0.2) is 11.5 Å². The summed E-state index contributed by atoms with van der Waals surface area (Å²) in [5.41, 5.74) is -0.189. The molecule has 0 bridgehead atoms. The fourth-order valence-electron chi connectivity index (χ4n) is 3.33. The summed E-state index contributed by atoms with van der Waals surface area (Å²) in [6.45, 7) is 0.573. The molecule has 3 rings (SSSR count). The second-order valence-electron chi connectivity index (χ2n) is 7.77. The number of hydrogen-bond donors (Lipinski definition) is 0. The van der Waals surface area contributed by atoms with E-state index in [1.165, 1.54) is 31.3 Å². The van der Waals surface area contributed by atoms with Crippen molar-refractivity contribution in [2.24, 2.45) is 0 Å². The zero-order valence-corrected chi connectivity index (χ0v) is 22.2. The van der Waals surface area contributed by atoms with Crippen LogP contribution < -0.4 is 8.92 Å². The minimum Gasteiger partial charge on any atom is -0.493 e. The Hall–Kier alpha value is -3.09. The van der Waals surface area contributed by atoms with Crippen molar-refractivity contribution in [3.05, 3.63) is 87.9 Å². The van der Waals surface area contributed by atoms with Crippen molar-refractivity contribution < 1.29 is 40.0 Å². The van der Waals surface area contributed by atoms with Crippen molar-refractivity contribution >= 4 is 32.0 Å². The van der Waals surface area contributed by atoms with Crippen LogP contribution in [0.25, 0.3) is 0 Å². The molecule has 0 aliphatic carbocycles. The lowest BCUT2D eigenvalue weighted by Crippen LogP contribution is -2.33. The number of hydrogen-bond acceptors (Lipinski definition) is 6. The number of rotatable bonds is 10. The summed E-state index contributed by atoms with van der Waals surface area (Å²) in [6, 6.07) is 14.5. The van der Waals surface area contributed by atoms with Crippen LogP contribution in [0.2, 0.25) is 0 Å². The van der Waals surface area contributed by atoms with Gasteiger partial charge in [0.1, 0.15) is 4.90 Å². The van der Waals surface area contributed by atoms with Crippen molar-refractivity contribution in [1.82, 2.24) is 4.90 Å². The fraction of sp³-hybridized carbons (Fsp3) is 0.240. The monoisotopic (exact) mass is 601 g/mol. The molecule has 0 unspecified atom stereocenters. The lowest BCUT2D eigenvalue weighted by molar-refractivity contribution is -0.137. The zero-order chi connectivity index (χ0) is 27.2. The van der Waals surface area contributed by atoms with Gasteiger partial charge in [-0.05, 0) is 60.2 Å². The molecule has 0 saturated carbocycles. The van der Waals surface area contributed by atoms with E-state index in [0.717, 1.165) is 22.7 Å². The summed E-state index contributed by atoms with van der Waals surface area (Å²) >= 11 is 3.33. The van der Waals surface area contributed by atoms with Crippen LogP contribution >= 0.6 is 15.9 Å². The first kappa shape index (κ1) is 28.5. The van der Waals surface area contributed by atoms with Crippen LogP contribution in [0.1, 0.15) is 21.5 Å². The molecule has 0 N–H and O–H groups in total. The van der Waals surface area contributed by atoms with Crippen LogP contribution in [0.5, 0.6) is 11.5 Å². The van der Waals surface area contributed by atoms with Crippen LogP contribution in [0.15, 0.2) is 76.1 Å². The van der Waals surface area contributed by atoms with Crippen LogP contribution in [-0.2, 0) is 27.6 Å². The standard InChI is InChI=1S/C25H23BrF3NO6S/c1-34-13-12-30(24(31)18-7-9-20(26)10-8-18)16-17-6-11-22(35-2)23(14-17)36-37(32,33)21-5-3-4-19(15-21)25(27,28)29/h3-11,14-15H,12-13,16H2,1-2H3. The molecule has 0 aliphatic rings. The van der Waals surface area contributed by atoms with Crippen LogP contribution in [0.3, 0.4) is 0 Å². The van der Waals surface area contributed by atoms with E-state index in [1.54, 1.807) is 30.3 Å². The van der Waals surface area contributed by atoms with E-state index in [1.807, 2.05) is 0 Å². The normalized spacial score (nSPS) is 11.7. The van der Waals surface area contributed by atoms with Crippen molar-refractivity contribution in [3.8, 4) is 11.5 Å². The molecule has 0 fully saturated rings. The first-order valence-corrected chi connectivity index (χ1v) is 13.0. The Labute approximate surface area is 221 Å². The van der Waals surface area contributed by atoms with E-state index in [2.05, 4.69) is 15.9 Å². The lowest BCUT2D eigenvalue weighted by Gasteiger charge is -2.23. The highest BCUT2D eigenvalue weighted by Gasteiger charge is 2.32. The molecule has 0 saturated heterocycles. The Morgan fingerprint density at radius 2 is 1.68 bits per heavy atom. The molecule has 0 aliphatic heterocycles. The molecule has 0 radical (unpaired) electrons. The highest BCUT2D eigenvalue weighted by molar-refractivity contribution is 9.10. The molecule has 198 valence electrons. The van der Waals surface area contributed by atoms with E-state index in [-0.39, 0.29) is 37.1 Å². The molecular weight excluding hydrogens is 579 g/mol. The van der Waals surface area contributed by atoms with E-state index in [4.69, 9.17) is 13.7 Å². The van der Waals surface area contributed by atoms with Gasteiger partial charge in [0.25, 0.3) is 5.91 Å². The number of nitrogens with zero attached hydrogens (tertiary/aromatic N) is 1. The van der Waals surface area contributed by atoms with E-state index in [9.17, 15) is 26.4 Å². The molecule has 7 nitrogen and oxygen atoms in total. The zero-order valence-electron chi connectivity index (χ0n) is 19.8. The van der Waals surface area contributed by atoms with Crippen LogP contribution in [0, 0.1) is 0 Å². The average molecular weight is 602 g/mol. The summed E-state index contributed by atoms with van der Waals surface area (Å²) in [5.74, 6) is -0.471. The van der Waals surface area contributed by atoms with Crippen molar-refractivity contribution in [1.29, 1.82) is 0 Å². The quantitative estimate of drug-likeness (QED) is 0.284. The van der Waals surface area contributed by atoms with Gasteiger partial charge in [-0.25, -0.2) is 0 Å². The molecular formula is C25H23BrF3NO6S. The van der Waals surface area contributed by atoms with Gasteiger partial charge >= 0.3 is 16.3 Å². The van der Waals surface area contributed by atoms with Crippen molar-refractivity contribution in [3.63, 3.8) is 0 Å². The van der Waals surface area contributed by atoms with Gasteiger partial charge < -0.3 is 18.6 Å². The Balaban J connectivity index is 1.90. The summed E-state index contributed by atoms with van der Waals surface area (Å²) in [4.78, 5) is 14.0. The topological polar surface area (TPSA) is 82.1 Å². The Morgan fingerprint density at radius 1 is 0.973 bits per heavy atom. The van der Waals surface area contributed by atoms with Gasteiger partial charge in [-0.1, -0.05) is 28.1 Å². The second-order valence-corrected chi connectivity index (χ2v) is 10.2.